The van der Waals surface area contributed by atoms with Crippen molar-refractivity contribution < 1.29 is 24.1 Å². The van der Waals surface area contributed by atoms with Crippen molar-refractivity contribution in [2.75, 3.05) is 25.5 Å². The summed E-state index contributed by atoms with van der Waals surface area (Å²) < 4.78 is 18.4. The van der Waals surface area contributed by atoms with E-state index in [1.54, 1.807) is 18.2 Å². The number of nitrogens with one attached hydrogen (secondary N) is 1. The SMILES string of the molecule is O=C(O)c1cccc(C2COC(CP(=O)(O)CC3CCCCC3)CN2)c1. The van der Waals surface area contributed by atoms with E-state index >= 15 is 0 Å². The Morgan fingerprint density at radius 1 is 1.23 bits per heavy atom. The molecular formula is C19H28NO5P. The van der Waals surface area contributed by atoms with E-state index in [4.69, 9.17) is 9.84 Å². The van der Waals surface area contributed by atoms with Gasteiger partial charge in [0.25, 0.3) is 0 Å². The molecule has 1 aromatic carbocycles. The van der Waals surface area contributed by atoms with Crippen LogP contribution in [0.2, 0.25) is 0 Å². The number of hydrogen-bond donors (Lipinski definition) is 3. The zero-order valence-electron chi connectivity index (χ0n) is 15.0. The quantitative estimate of drug-likeness (QED) is 0.655. The van der Waals surface area contributed by atoms with Crippen LogP contribution in [-0.2, 0) is 9.30 Å². The van der Waals surface area contributed by atoms with Crippen LogP contribution in [0.1, 0.15) is 54.1 Å². The van der Waals surface area contributed by atoms with Crippen molar-refractivity contribution in [3.8, 4) is 0 Å². The van der Waals surface area contributed by atoms with Gasteiger partial charge in [-0.05, 0) is 36.5 Å². The molecule has 3 unspecified atom stereocenters. The molecule has 1 aliphatic heterocycles. The van der Waals surface area contributed by atoms with E-state index < -0.39 is 13.3 Å². The Labute approximate surface area is 154 Å². The Kier molecular flexibility index (Phi) is 6.51. The van der Waals surface area contributed by atoms with Crippen LogP contribution in [0.5, 0.6) is 0 Å². The summed E-state index contributed by atoms with van der Waals surface area (Å²) in [6.07, 6.45) is 6.05. The molecule has 7 heteroatoms. The molecule has 6 nitrogen and oxygen atoms in total. The predicted molar refractivity (Wildman–Crippen MR) is 100 cm³/mol. The van der Waals surface area contributed by atoms with Crippen LogP contribution in [-0.4, -0.2) is 47.5 Å². The standard InChI is InChI=1S/C19H28NO5P/c21-19(22)16-8-4-7-15(9-16)18-11-25-17(10-20-18)13-26(23,24)12-14-5-2-1-3-6-14/h4,7-9,14,17-18,20H,1-3,5-6,10-13H2,(H,21,22)(H,23,24). The molecule has 1 saturated heterocycles. The van der Waals surface area contributed by atoms with Gasteiger partial charge in [-0.15, -0.1) is 0 Å². The van der Waals surface area contributed by atoms with Gasteiger partial charge in [-0.2, -0.15) is 0 Å². The van der Waals surface area contributed by atoms with Gasteiger partial charge in [0.05, 0.1) is 30.5 Å². The summed E-state index contributed by atoms with van der Waals surface area (Å²) in [5.41, 5.74) is 1.11. The van der Waals surface area contributed by atoms with Gasteiger partial charge in [0.1, 0.15) is 0 Å². The first-order valence-electron chi connectivity index (χ1n) is 9.42. The molecule has 144 valence electrons. The molecule has 2 fully saturated rings. The first-order chi connectivity index (χ1) is 12.4. The van der Waals surface area contributed by atoms with Gasteiger partial charge in [0, 0.05) is 12.7 Å². The van der Waals surface area contributed by atoms with E-state index in [1.165, 1.54) is 19.3 Å². The van der Waals surface area contributed by atoms with Crippen molar-refractivity contribution in [2.45, 2.75) is 44.2 Å². The predicted octanol–water partition coefficient (Wildman–Crippen LogP) is 3.27. The molecule has 1 heterocycles. The lowest BCUT2D eigenvalue weighted by Gasteiger charge is -2.32. The highest BCUT2D eigenvalue weighted by molar-refractivity contribution is 7.58. The molecule has 1 aromatic rings. The summed E-state index contributed by atoms with van der Waals surface area (Å²) in [7, 11) is -3.18. The Morgan fingerprint density at radius 3 is 2.65 bits per heavy atom. The molecule has 1 aliphatic carbocycles. The molecule has 26 heavy (non-hydrogen) atoms. The van der Waals surface area contributed by atoms with Crippen LogP contribution < -0.4 is 5.32 Å². The van der Waals surface area contributed by atoms with Gasteiger partial charge >= 0.3 is 5.97 Å². The second kappa shape index (κ2) is 8.66. The van der Waals surface area contributed by atoms with E-state index in [9.17, 15) is 14.3 Å². The summed E-state index contributed by atoms with van der Waals surface area (Å²) in [6.45, 7) is 0.869. The van der Waals surface area contributed by atoms with Crippen molar-refractivity contribution in [2.24, 2.45) is 5.92 Å². The number of carboxylic acid groups (broad SMARTS) is 1. The number of ether oxygens (including phenoxy) is 1. The Hall–Kier alpha value is -1.20. The van der Waals surface area contributed by atoms with Crippen LogP contribution in [0.25, 0.3) is 0 Å². The van der Waals surface area contributed by atoms with E-state index in [0.717, 1.165) is 18.4 Å². The third kappa shape index (κ3) is 5.40. The third-order valence-electron chi connectivity index (χ3n) is 5.38. The van der Waals surface area contributed by atoms with E-state index in [-0.39, 0.29) is 23.9 Å². The van der Waals surface area contributed by atoms with Gasteiger partial charge in [-0.25, -0.2) is 4.79 Å². The molecule has 3 rings (SSSR count). The van der Waals surface area contributed by atoms with Crippen molar-refractivity contribution in [3.05, 3.63) is 35.4 Å². The third-order valence-corrected chi connectivity index (χ3v) is 7.45. The molecule has 0 aromatic heterocycles. The van der Waals surface area contributed by atoms with Crippen LogP contribution in [0.4, 0.5) is 0 Å². The number of hydrogen-bond acceptors (Lipinski definition) is 4. The molecule has 2 aliphatic rings. The van der Waals surface area contributed by atoms with Crippen molar-refractivity contribution in [3.63, 3.8) is 0 Å². The molecule has 0 radical (unpaired) electrons. The lowest BCUT2D eigenvalue weighted by molar-refractivity contribution is 0.0156. The maximum absolute atomic E-state index is 12.6. The van der Waals surface area contributed by atoms with Crippen LogP contribution >= 0.6 is 7.37 Å². The van der Waals surface area contributed by atoms with Crippen LogP contribution in [0, 0.1) is 5.92 Å². The van der Waals surface area contributed by atoms with Crippen LogP contribution in [0.15, 0.2) is 24.3 Å². The molecule has 3 N–H and O–H groups in total. The number of benzene rings is 1. The summed E-state index contributed by atoms with van der Waals surface area (Å²) in [4.78, 5) is 21.5. The summed E-state index contributed by atoms with van der Waals surface area (Å²) in [6, 6.07) is 6.70. The topological polar surface area (TPSA) is 95.9 Å². The first-order valence-corrected chi connectivity index (χ1v) is 11.4. The average Bonchev–Trinajstić information content (AvgIpc) is 2.62. The zero-order valence-corrected chi connectivity index (χ0v) is 15.9. The Morgan fingerprint density at radius 2 is 2.00 bits per heavy atom. The highest BCUT2D eigenvalue weighted by atomic mass is 31.2. The fourth-order valence-corrected chi connectivity index (χ4v) is 6.20. The second-order valence-electron chi connectivity index (χ2n) is 7.56. The number of carbonyl (C=O) groups is 1. The second-order valence-corrected chi connectivity index (χ2v) is 9.99. The van der Waals surface area contributed by atoms with E-state index in [1.807, 2.05) is 6.07 Å². The lowest BCUT2D eigenvalue weighted by Crippen LogP contribution is -2.43. The molecule has 0 bridgehead atoms. The number of morpholine rings is 1. The van der Waals surface area contributed by atoms with Gasteiger partial charge in [-0.1, -0.05) is 31.4 Å². The highest BCUT2D eigenvalue weighted by Gasteiger charge is 2.31. The highest BCUT2D eigenvalue weighted by Crippen LogP contribution is 2.46. The minimum absolute atomic E-state index is 0.0954. The van der Waals surface area contributed by atoms with Crippen LogP contribution in [0.3, 0.4) is 0 Å². The van der Waals surface area contributed by atoms with Crippen molar-refractivity contribution in [1.29, 1.82) is 0 Å². The maximum atomic E-state index is 12.6. The minimum atomic E-state index is -3.18. The van der Waals surface area contributed by atoms with E-state index in [0.29, 0.717) is 25.2 Å². The van der Waals surface area contributed by atoms with Gasteiger partial charge in [0.15, 0.2) is 0 Å². The van der Waals surface area contributed by atoms with Crippen molar-refractivity contribution in [1.82, 2.24) is 5.32 Å². The normalized spacial score (nSPS) is 27.0. The fourth-order valence-electron chi connectivity index (χ4n) is 4.01. The van der Waals surface area contributed by atoms with Gasteiger partial charge in [0.2, 0.25) is 7.37 Å². The molecule has 3 atom stereocenters. The average molecular weight is 381 g/mol. The lowest BCUT2D eigenvalue weighted by atomic mass is 9.91. The molecule has 1 saturated carbocycles. The number of carboxylic acids is 1. The van der Waals surface area contributed by atoms with Gasteiger partial charge < -0.3 is 20.1 Å². The molecule has 0 spiro atoms. The van der Waals surface area contributed by atoms with Gasteiger partial charge in [-0.3, -0.25) is 4.57 Å². The largest absolute Gasteiger partial charge is 0.478 e. The zero-order chi connectivity index (χ0) is 18.6. The summed E-state index contributed by atoms with van der Waals surface area (Å²) in [5.74, 6) is -0.576. The fraction of sp³-hybridized carbons (Fsp3) is 0.632. The molecular weight excluding hydrogens is 353 g/mol. The monoisotopic (exact) mass is 381 g/mol. The first kappa shape index (κ1) is 19.6. The maximum Gasteiger partial charge on any atom is 0.335 e. The summed E-state index contributed by atoms with van der Waals surface area (Å²) in [5, 5.41) is 12.4. The number of aromatic carboxylic acids is 1. The minimum Gasteiger partial charge on any atom is -0.478 e. The molecule has 0 amide bonds. The van der Waals surface area contributed by atoms with E-state index in [2.05, 4.69) is 5.32 Å². The number of rotatable bonds is 6. The smallest absolute Gasteiger partial charge is 0.335 e. The Bertz CT molecular complexity index is 666. The Balaban J connectivity index is 1.51. The van der Waals surface area contributed by atoms with Crippen molar-refractivity contribution >= 4 is 13.3 Å². The summed E-state index contributed by atoms with van der Waals surface area (Å²) >= 11 is 0.